The van der Waals surface area contributed by atoms with Crippen molar-refractivity contribution in [2.75, 3.05) is 5.73 Å². The van der Waals surface area contributed by atoms with Crippen molar-refractivity contribution in [2.45, 2.75) is 0 Å². The Labute approximate surface area is 88.5 Å². The molecule has 0 bridgehead atoms. The van der Waals surface area contributed by atoms with Crippen LogP contribution in [-0.4, -0.2) is 20.0 Å². The highest BCUT2D eigenvalue weighted by Crippen LogP contribution is 2.26. The second-order valence-electron chi connectivity index (χ2n) is 2.86. The van der Waals surface area contributed by atoms with Crippen LogP contribution >= 0.6 is 0 Å². The molecular weight excluding hydrogens is 216 g/mol. The molecule has 0 spiro atoms. The van der Waals surface area contributed by atoms with Crippen LogP contribution in [0.3, 0.4) is 0 Å². The third-order valence-electron chi connectivity index (χ3n) is 1.75. The van der Waals surface area contributed by atoms with Crippen molar-refractivity contribution >= 4 is 11.8 Å². The summed E-state index contributed by atoms with van der Waals surface area (Å²) in [6, 6.07) is 3.74. The van der Waals surface area contributed by atoms with Crippen LogP contribution in [0.15, 0.2) is 22.6 Å². The number of furan rings is 1. The summed E-state index contributed by atoms with van der Waals surface area (Å²) in [7, 11) is 0. The molecule has 2 heterocycles. The first kappa shape index (κ1) is 9.90. The van der Waals surface area contributed by atoms with Gasteiger partial charge in [0.2, 0.25) is 11.8 Å². The van der Waals surface area contributed by atoms with E-state index in [0.29, 0.717) is 0 Å². The fraction of sp³-hybridized carbons (Fsp3) is 0. The molecule has 16 heavy (non-hydrogen) atoms. The van der Waals surface area contributed by atoms with Gasteiger partial charge in [-0.05, 0) is 6.07 Å². The number of nitrogens with zero attached hydrogens (tertiary/aromatic N) is 3. The number of aromatic hydroxyl groups is 1. The highest BCUT2D eigenvalue weighted by atomic mass is 16.6. The summed E-state index contributed by atoms with van der Waals surface area (Å²) in [6.45, 7) is 0. The van der Waals surface area contributed by atoms with Crippen molar-refractivity contribution in [1.82, 2.24) is 9.97 Å². The Morgan fingerprint density at radius 2 is 2.19 bits per heavy atom. The molecule has 8 nitrogen and oxygen atoms in total. The average Bonchev–Trinajstić information content (AvgIpc) is 2.64. The first-order valence-corrected chi connectivity index (χ1v) is 4.14. The van der Waals surface area contributed by atoms with Crippen molar-refractivity contribution in [3.05, 3.63) is 28.3 Å². The fourth-order valence-electron chi connectivity index (χ4n) is 1.14. The number of nitrogen functional groups attached to an aromatic ring is 1. The molecule has 0 amide bonds. The van der Waals surface area contributed by atoms with Gasteiger partial charge in [-0.3, -0.25) is 10.1 Å². The summed E-state index contributed by atoms with van der Waals surface area (Å²) in [5, 5.41) is 19.5. The minimum absolute atomic E-state index is 0.135. The van der Waals surface area contributed by atoms with Crippen LogP contribution in [0.4, 0.5) is 11.8 Å². The van der Waals surface area contributed by atoms with Gasteiger partial charge in [-0.1, -0.05) is 0 Å². The summed E-state index contributed by atoms with van der Waals surface area (Å²) < 4.78 is 4.89. The molecule has 2 aromatic heterocycles. The zero-order valence-electron chi connectivity index (χ0n) is 7.82. The summed E-state index contributed by atoms with van der Waals surface area (Å²) in [6.07, 6.45) is 0. The average molecular weight is 222 g/mol. The third kappa shape index (κ3) is 1.75. The minimum atomic E-state index is -0.673. The molecule has 0 radical (unpaired) electrons. The van der Waals surface area contributed by atoms with Crippen LogP contribution in [0.5, 0.6) is 5.88 Å². The number of aromatic nitrogens is 2. The van der Waals surface area contributed by atoms with E-state index in [-0.39, 0.29) is 23.3 Å². The molecule has 2 aromatic rings. The van der Waals surface area contributed by atoms with Crippen LogP contribution in [0.1, 0.15) is 0 Å². The topological polar surface area (TPSA) is 128 Å². The number of anilines is 1. The van der Waals surface area contributed by atoms with Crippen molar-refractivity contribution in [3.8, 4) is 17.3 Å². The lowest BCUT2D eigenvalue weighted by Crippen LogP contribution is -1.95. The van der Waals surface area contributed by atoms with Gasteiger partial charge in [-0.25, -0.2) is 4.98 Å². The molecule has 2 rings (SSSR count). The summed E-state index contributed by atoms with van der Waals surface area (Å²) in [5.74, 6) is -0.752. The number of nitrogens with two attached hydrogens (primary N) is 1. The van der Waals surface area contributed by atoms with Gasteiger partial charge in [0.1, 0.15) is 10.6 Å². The monoisotopic (exact) mass is 222 g/mol. The van der Waals surface area contributed by atoms with Crippen LogP contribution in [0.25, 0.3) is 11.5 Å². The Balaban J connectivity index is 2.46. The predicted molar refractivity (Wildman–Crippen MR) is 52.5 cm³/mol. The molecular formula is C8H6N4O4. The molecule has 0 unspecified atom stereocenters. The molecule has 82 valence electrons. The van der Waals surface area contributed by atoms with Crippen LogP contribution in [0.2, 0.25) is 0 Å². The Morgan fingerprint density at radius 1 is 1.44 bits per heavy atom. The third-order valence-corrected chi connectivity index (χ3v) is 1.75. The zero-order chi connectivity index (χ0) is 11.7. The predicted octanol–water partition coefficient (Wildman–Crippen LogP) is 0.933. The normalized spacial score (nSPS) is 10.2. The van der Waals surface area contributed by atoms with E-state index in [9.17, 15) is 10.1 Å². The molecule has 8 heteroatoms. The molecule has 0 saturated carbocycles. The van der Waals surface area contributed by atoms with Crippen LogP contribution < -0.4 is 5.73 Å². The van der Waals surface area contributed by atoms with Crippen molar-refractivity contribution in [2.24, 2.45) is 0 Å². The van der Waals surface area contributed by atoms with Gasteiger partial charge in [-0.2, -0.15) is 4.98 Å². The minimum Gasteiger partial charge on any atom is -0.493 e. The Hall–Kier alpha value is -2.64. The van der Waals surface area contributed by atoms with Gasteiger partial charge in [0.05, 0.1) is 6.07 Å². The van der Waals surface area contributed by atoms with Crippen molar-refractivity contribution < 1.29 is 14.4 Å². The maximum absolute atomic E-state index is 10.4. The first-order chi connectivity index (χ1) is 7.56. The Morgan fingerprint density at radius 3 is 2.75 bits per heavy atom. The van der Waals surface area contributed by atoms with E-state index >= 15 is 0 Å². The maximum atomic E-state index is 10.4. The lowest BCUT2D eigenvalue weighted by molar-refractivity contribution is -0.401. The molecule has 0 atom stereocenters. The van der Waals surface area contributed by atoms with Gasteiger partial charge in [0.15, 0.2) is 5.76 Å². The number of hydrogen-bond donors (Lipinski definition) is 2. The number of nitro groups is 1. The standard InChI is InChI=1S/C8H6N4O4/c9-8-10-4(3-6(13)11-8)5-1-2-7(16-5)12(14)15/h1-3H,(H3,9,10,11,13). The number of hydrogen-bond acceptors (Lipinski definition) is 7. The summed E-state index contributed by atoms with van der Waals surface area (Å²) in [4.78, 5) is 16.9. The summed E-state index contributed by atoms with van der Waals surface area (Å²) in [5.41, 5.74) is 5.48. The van der Waals surface area contributed by atoms with Gasteiger partial charge in [0.25, 0.3) is 0 Å². The highest BCUT2D eigenvalue weighted by molar-refractivity contribution is 5.56. The van der Waals surface area contributed by atoms with E-state index in [1.807, 2.05) is 0 Å². The highest BCUT2D eigenvalue weighted by Gasteiger charge is 2.15. The zero-order valence-corrected chi connectivity index (χ0v) is 7.82. The molecule has 0 saturated heterocycles. The quantitative estimate of drug-likeness (QED) is 0.571. The first-order valence-electron chi connectivity index (χ1n) is 4.14. The van der Waals surface area contributed by atoms with E-state index < -0.39 is 10.8 Å². The van der Waals surface area contributed by atoms with E-state index in [2.05, 4.69) is 9.97 Å². The van der Waals surface area contributed by atoms with E-state index in [4.69, 9.17) is 15.3 Å². The molecule has 0 fully saturated rings. The molecule has 0 aromatic carbocycles. The van der Waals surface area contributed by atoms with E-state index in [0.717, 1.165) is 0 Å². The Bertz CT molecular complexity index is 530. The Kier molecular flexibility index (Phi) is 2.16. The largest absolute Gasteiger partial charge is 0.493 e. The second-order valence-corrected chi connectivity index (χ2v) is 2.86. The van der Waals surface area contributed by atoms with Gasteiger partial charge >= 0.3 is 5.88 Å². The van der Waals surface area contributed by atoms with Crippen LogP contribution in [-0.2, 0) is 0 Å². The van der Waals surface area contributed by atoms with E-state index in [1.54, 1.807) is 0 Å². The molecule has 0 aliphatic rings. The molecule has 0 aliphatic heterocycles. The van der Waals surface area contributed by atoms with Gasteiger partial charge in [0, 0.05) is 6.07 Å². The maximum Gasteiger partial charge on any atom is 0.433 e. The smallest absolute Gasteiger partial charge is 0.433 e. The lowest BCUT2D eigenvalue weighted by atomic mass is 10.3. The second kappa shape index (κ2) is 3.50. The molecule has 3 N–H and O–H groups in total. The van der Waals surface area contributed by atoms with Crippen molar-refractivity contribution in [3.63, 3.8) is 0 Å². The lowest BCUT2D eigenvalue weighted by Gasteiger charge is -1.97. The number of rotatable bonds is 2. The molecule has 0 aliphatic carbocycles. The SMILES string of the molecule is Nc1nc(O)cc(-c2ccc([N+](=O)[O-])o2)n1. The van der Waals surface area contributed by atoms with Crippen molar-refractivity contribution in [1.29, 1.82) is 0 Å². The van der Waals surface area contributed by atoms with Gasteiger partial charge in [-0.15, -0.1) is 0 Å². The van der Waals surface area contributed by atoms with E-state index in [1.165, 1.54) is 18.2 Å². The fourth-order valence-corrected chi connectivity index (χ4v) is 1.14. The van der Waals surface area contributed by atoms with Gasteiger partial charge < -0.3 is 15.3 Å². The summed E-state index contributed by atoms with van der Waals surface area (Å²) >= 11 is 0. The van der Waals surface area contributed by atoms with Crippen LogP contribution in [0, 0.1) is 10.1 Å².